The molecule has 0 radical (unpaired) electrons. The zero-order valence-electron chi connectivity index (χ0n) is 19.2. The number of benzene rings is 3. The number of para-hydroxylation sites is 1. The summed E-state index contributed by atoms with van der Waals surface area (Å²) in [4.78, 5) is 21.3. The summed E-state index contributed by atoms with van der Waals surface area (Å²) in [6, 6.07) is 26.4. The molecule has 5 rings (SSSR count). The van der Waals surface area contributed by atoms with Crippen molar-refractivity contribution in [2.45, 2.75) is 13.3 Å². The van der Waals surface area contributed by atoms with Crippen LogP contribution in [0, 0.1) is 0 Å². The van der Waals surface area contributed by atoms with Crippen LogP contribution >= 0.6 is 0 Å². The van der Waals surface area contributed by atoms with Gasteiger partial charge in [0.1, 0.15) is 11.5 Å². The maximum Gasteiger partial charge on any atom is 0.255 e. The van der Waals surface area contributed by atoms with Crippen LogP contribution in [-0.4, -0.2) is 15.9 Å². The van der Waals surface area contributed by atoms with E-state index in [0.29, 0.717) is 22.7 Å². The highest BCUT2D eigenvalue weighted by Gasteiger charge is 2.09. The molecule has 2 N–H and O–H groups in total. The molecule has 6 nitrogen and oxygen atoms in total. The number of aryl methyl sites for hydroxylation is 1. The van der Waals surface area contributed by atoms with Crippen molar-refractivity contribution in [3.63, 3.8) is 0 Å². The average Bonchev–Trinajstić information content (AvgIpc) is 2.90. The number of rotatable bonds is 7. The highest BCUT2D eigenvalue weighted by molar-refractivity contribution is 6.04. The quantitative estimate of drug-likeness (QED) is 0.274. The van der Waals surface area contributed by atoms with Crippen LogP contribution in [0.5, 0.6) is 11.5 Å². The van der Waals surface area contributed by atoms with E-state index in [0.717, 1.165) is 28.7 Å². The maximum absolute atomic E-state index is 12.8. The van der Waals surface area contributed by atoms with Crippen LogP contribution in [0.4, 0.5) is 17.1 Å². The predicted octanol–water partition coefficient (Wildman–Crippen LogP) is 6.98. The fourth-order valence-electron chi connectivity index (χ4n) is 3.87. The summed E-state index contributed by atoms with van der Waals surface area (Å²) in [5.74, 6) is 1.11. The van der Waals surface area contributed by atoms with E-state index in [1.54, 1.807) is 42.7 Å². The van der Waals surface area contributed by atoms with Crippen molar-refractivity contribution >= 4 is 33.9 Å². The van der Waals surface area contributed by atoms with E-state index in [4.69, 9.17) is 4.74 Å². The lowest BCUT2D eigenvalue weighted by molar-refractivity contribution is 0.102. The Morgan fingerprint density at radius 2 is 1.63 bits per heavy atom. The van der Waals surface area contributed by atoms with E-state index < -0.39 is 0 Å². The molecule has 1 amide bonds. The number of fused-ring (bicyclic) bond motifs is 1. The summed E-state index contributed by atoms with van der Waals surface area (Å²) < 4.78 is 5.82. The first-order valence-corrected chi connectivity index (χ1v) is 11.4. The Kier molecular flexibility index (Phi) is 6.35. The van der Waals surface area contributed by atoms with Gasteiger partial charge in [0.2, 0.25) is 0 Å². The zero-order valence-corrected chi connectivity index (χ0v) is 19.2. The van der Waals surface area contributed by atoms with E-state index >= 15 is 0 Å². The summed E-state index contributed by atoms with van der Waals surface area (Å²) in [6.07, 6.45) is 6.08. The Labute approximate surface area is 203 Å². The minimum atomic E-state index is -0.195. The van der Waals surface area contributed by atoms with Crippen molar-refractivity contribution < 1.29 is 9.53 Å². The minimum absolute atomic E-state index is 0.195. The van der Waals surface area contributed by atoms with Gasteiger partial charge in [0.15, 0.2) is 0 Å². The molecule has 0 fully saturated rings. The Balaban J connectivity index is 1.28. The van der Waals surface area contributed by atoms with Gasteiger partial charge in [-0.3, -0.25) is 14.8 Å². The van der Waals surface area contributed by atoms with Gasteiger partial charge in [0.25, 0.3) is 5.91 Å². The molecule has 5 aromatic rings. The average molecular weight is 461 g/mol. The number of carbonyl (C=O) groups is 1. The molecule has 35 heavy (non-hydrogen) atoms. The third kappa shape index (κ3) is 5.12. The van der Waals surface area contributed by atoms with E-state index in [2.05, 4.69) is 45.7 Å². The van der Waals surface area contributed by atoms with Crippen molar-refractivity contribution in [2.24, 2.45) is 0 Å². The van der Waals surface area contributed by atoms with Gasteiger partial charge in [-0.2, -0.15) is 0 Å². The number of hydrogen-bond donors (Lipinski definition) is 2. The first-order chi connectivity index (χ1) is 17.2. The summed E-state index contributed by atoms with van der Waals surface area (Å²) in [7, 11) is 0. The molecule has 0 saturated carbocycles. The molecule has 0 unspecified atom stereocenters. The molecular formula is C29H24N4O2. The number of aromatic nitrogens is 2. The number of hydrogen-bond acceptors (Lipinski definition) is 5. The highest BCUT2D eigenvalue weighted by atomic mass is 16.5. The molecule has 0 saturated heterocycles. The second kappa shape index (κ2) is 10.1. The molecule has 0 spiro atoms. The highest BCUT2D eigenvalue weighted by Crippen LogP contribution is 2.28. The van der Waals surface area contributed by atoms with Crippen LogP contribution in [0.2, 0.25) is 0 Å². The lowest BCUT2D eigenvalue weighted by Crippen LogP contribution is -2.11. The Hall–Kier alpha value is -4.71. The lowest BCUT2D eigenvalue weighted by Gasteiger charge is -2.12. The summed E-state index contributed by atoms with van der Waals surface area (Å²) >= 11 is 0. The molecule has 0 atom stereocenters. The standard InChI is InChI=1S/C29H24N4O2/c1-2-20-5-3-8-26-27(15-18-31-28(20)26)32-22-11-9-21(10-12-22)29(34)33-23-6-4-7-25(19-23)35-24-13-16-30-17-14-24/h3-19H,2H2,1H3,(H,31,32)(H,33,34). The van der Waals surface area contributed by atoms with Gasteiger partial charge < -0.3 is 15.4 Å². The molecule has 0 aliphatic carbocycles. The fraction of sp³-hybridized carbons (Fsp3) is 0.0690. The van der Waals surface area contributed by atoms with Crippen molar-refractivity contribution in [2.75, 3.05) is 10.6 Å². The number of anilines is 3. The van der Waals surface area contributed by atoms with Crippen LogP contribution in [0.1, 0.15) is 22.8 Å². The number of nitrogens with zero attached hydrogens (tertiary/aromatic N) is 2. The monoisotopic (exact) mass is 460 g/mol. The van der Waals surface area contributed by atoms with Crippen LogP contribution in [0.15, 0.2) is 104 Å². The molecule has 3 aromatic carbocycles. The van der Waals surface area contributed by atoms with Crippen molar-refractivity contribution in [1.29, 1.82) is 0 Å². The summed E-state index contributed by atoms with van der Waals surface area (Å²) in [5, 5.41) is 7.45. The van der Waals surface area contributed by atoms with Gasteiger partial charge in [-0.25, -0.2) is 0 Å². The minimum Gasteiger partial charge on any atom is -0.457 e. The second-order valence-corrected chi connectivity index (χ2v) is 7.99. The number of pyridine rings is 2. The largest absolute Gasteiger partial charge is 0.457 e. The fourth-order valence-corrected chi connectivity index (χ4v) is 3.87. The Morgan fingerprint density at radius 3 is 2.43 bits per heavy atom. The topological polar surface area (TPSA) is 76.1 Å². The number of amides is 1. The molecule has 0 bridgehead atoms. The first kappa shape index (κ1) is 22.1. The normalized spacial score (nSPS) is 10.7. The molecule has 0 aliphatic rings. The van der Waals surface area contributed by atoms with Gasteiger partial charge >= 0.3 is 0 Å². The number of nitrogens with one attached hydrogen (secondary N) is 2. The molecular weight excluding hydrogens is 436 g/mol. The number of ether oxygens (including phenoxy) is 1. The third-order valence-corrected chi connectivity index (χ3v) is 5.64. The summed E-state index contributed by atoms with van der Waals surface area (Å²) in [6.45, 7) is 2.13. The van der Waals surface area contributed by atoms with Crippen LogP contribution in [0.25, 0.3) is 10.9 Å². The molecule has 2 aromatic heterocycles. The maximum atomic E-state index is 12.8. The van der Waals surface area contributed by atoms with Gasteiger partial charge in [-0.1, -0.05) is 31.2 Å². The molecule has 172 valence electrons. The van der Waals surface area contributed by atoms with Gasteiger partial charge in [0, 0.05) is 52.7 Å². The molecule has 2 heterocycles. The molecule has 0 aliphatic heterocycles. The zero-order chi connectivity index (χ0) is 24.0. The predicted molar refractivity (Wildman–Crippen MR) is 140 cm³/mol. The Morgan fingerprint density at radius 1 is 0.829 bits per heavy atom. The third-order valence-electron chi connectivity index (χ3n) is 5.64. The van der Waals surface area contributed by atoms with Gasteiger partial charge in [-0.05, 0) is 66.6 Å². The first-order valence-electron chi connectivity index (χ1n) is 11.4. The van der Waals surface area contributed by atoms with Gasteiger partial charge in [-0.15, -0.1) is 0 Å². The van der Waals surface area contributed by atoms with Crippen molar-refractivity contribution in [3.05, 3.63) is 115 Å². The Bertz CT molecular complexity index is 1470. The molecule has 6 heteroatoms. The van der Waals surface area contributed by atoms with Gasteiger partial charge in [0.05, 0.1) is 5.52 Å². The SMILES string of the molecule is CCc1cccc2c(Nc3ccc(C(=O)Nc4cccc(Oc5ccncc5)c4)cc3)ccnc12. The number of carbonyl (C=O) groups excluding carboxylic acids is 1. The lowest BCUT2D eigenvalue weighted by atomic mass is 10.1. The van der Waals surface area contributed by atoms with Crippen LogP contribution < -0.4 is 15.4 Å². The smallest absolute Gasteiger partial charge is 0.255 e. The van der Waals surface area contributed by atoms with E-state index in [1.807, 2.05) is 42.6 Å². The summed E-state index contributed by atoms with van der Waals surface area (Å²) in [5.41, 5.74) is 5.30. The van der Waals surface area contributed by atoms with Crippen molar-refractivity contribution in [3.8, 4) is 11.5 Å². The van der Waals surface area contributed by atoms with Crippen LogP contribution in [-0.2, 0) is 6.42 Å². The second-order valence-electron chi connectivity index (χ2n) is 7.99. The van der Waals surface area contributed by atoms with E-state index in [9.17, 15) is 4.79 Å². The van der Waals surface area contributed by atoms with Crippen LogP contribution in [0.3, 0.4) is 0 Å². The van der Waals surface area contributed by atoms with E-state index in [1.165, 1.54) is 5.56 Å². The van der Waals surface area contributed by atoms with E-state index in [-0.39, 0.29) is 5.91 Å². The van der Waals surface area contributed by atoms with Crippen molar-refractivity contribution in [1.82, 2.24) is 9.97 Å².